The molecule has 1 atom stereocenters. The van der Waals surface area contributed by atoms with Gasteiger partial charge in [0.15, 0.2) is 0 Å². The minimum absolute atomic E-state index is 0.182. The maximum atomic E-state index is 10.6. The smallest absolute Gasteiger partial charge is 0.356 e. The summed E-state index contributed by atoms with van der Waals surface area (Å²) in [6.07, 6.45) is -0.688. The molecule has 3 aromatic rings. The number of benzene rings is 2. The van der Waals surface area contributed by atoms with Crippen molar-refractivity contribution in [3.05, 3.63) is 48.5 Å². The molecular formula is C23H34N4O3+2. The topological polar surface area (TPSA) is 78.0 Å². The molecule has 0 aliphatic rings. The second-order valence-corrected chi connectivity index (χ2v) is 7.46. The Hall–Kier alpha value is -2.77. The number of hydrogen-bond acceptors (Lipinski definition) is 4. The van der Waals surface area contributed by atoms with Crippen LogP contribution in [0.4, 0.5) is 5.95 Å². The summed E-state index contributed by atoms with van der Waals surface area (Å²) < 4.78 is 15.0. The standard InChI is InChI=1S/C23H32N4O3/c1-4-25(5-2)14-15-26-21-8-6-7-9-22(21)27(23(26)24)16-18(28)17-30-20-12-10-19(29-3)11-13-20/h6-13,18,24,28H,4-5,14-17H2,1-3H3/p+2/t18-/m1/s1. The van der Waals surface area contributed by atoms with Crippen LogP contribution in [-0.4, -0.2) is 49.1 Å². The van der Waals surface area contributed by atoms with Crippen LogP contribution in [0.3, 0.4) is 0 Å². The molecule has 0 spiro atoms. The van der Waals surface area contributed by atoms with Gasteiger partial charge >= 0.3 is 5.95 Å². The number of aliphatic hydroxyl groups excluding tert-OH is 1. The van der Waals surface area contributed by atoms with Gasteiger partial charge in [-0.3, -0.25) is 5.73 Å². The number of aliphatic hydroxyl groups is 1. The fourth-order valence-corrected chi connectivity index (χ4v) is 3.74. The highest BCUT2D eigenvalue weighted by Gasteiger charge is 2.23. The minimum atomic E-state index is -0.688. The van der Waals surface area contributed by atoms with E-state index in [-0.39, 0.29) is 6.61 Å². The highest BCUT2D eigenvalue weighted by Crippen LogP contribution is 2.18. The quantitative estimate of drug-likeness (QED) is 0.407. The summed E-state index contributed by atoms with van der Waals surface area (Å²) in [7, 11) is 1.63. The predicted molar refractivity (Wildman–Crippen MR) is 118 cm³/mol. The third-order valence-corrected chi connectivity index (χ3v) is 5.60. The molecule has 4 N–H and O–H groups in total. The van der Waals surface area contributed by atoms with Gasteiger partial charge in [-0.2, -0.15) is 0 Å². The van der Waals surface area contributed by atoms with Gasteiger partial charge in [0.2, 0.25) is 0 Å². The Labute approximate surface area is 178 Å². The van der Waals surface area contributed by atoms with E-state index in [0.29, 0.717) is 18.2 Å². The van der Waals surface area contributed by atoms with Crippen molar-refractivity contribution < 1.29 is 24.0 Å². The summed E-state index contributed by atoms with van der Waals surface area (Å²) in [5.74, 6) is 2.12. The van der Waals surface area contributed by atoms with E-state index in [4.69, 9.17) is 15.2 Å². The number of methoxy groups -OCH3 is 1. The van der Waals surface area contributed by atoms with Gasteiger partial charge in [-0.15, -0.1) is 0 Å². The number of nitrogens with zero attached hydrogens (tertiary/aromatic N) is 2. The number of hydrogen-bond donors (Lipinski definition) is 3. The highest BCUT2D eigenvalue weighted by molar-refractivity contribution is 5.73. The summed E-state index contributed by atoms with van der Waals surface area (Å²) in [5.41, 5.74) is 8.63. The van der Waals surface area contributed by atoms with Crippen LogP contribution < -0.4 is 24.7 Å². The molecular weight excluding hydrogens is 380 g/mol. The Morgan fingerprint density at radius 3 is 2.40 bits per heavy atom. The van der Waals surface area contributed by atoms with E-state index in [1.54, 1.807) is 7.11 Å². The maximum Gasteiger partial charge on any atom is 0.356 e. The highest BCUT2D eigenvalue weighted by atomic mass is 16.5. The SMILES string of the molecule is CC[NH+](CC)CCn1c(N)[n+](C[C@@H](O)COc2ccc(OC)cc2)c2ccccc21. The van der Waals surface area contributed by atoms with Gasteiger partial charge in [0.25, 0.3) is 0 Å². The molecule has 0 fully saturated rings. The average Bonchev–Trinajstić information content (AvgIpc) is 3.04. The zero-order chi connectivity index (χ0) is 21.5. The number of aromatic nitrogens is 2. The number of ether oxygens (including phenoxy) is 2. The van der Waals surface area contributed by atoms with Crippen molar-refractivity contribution in [1.29, 1.82) is 0 Å². The summed E-state index contributed by atoms with van der Waals surface area (Å²) in [6, 6.07) is 15.5. The van der Waals surface area contributed by atoms with E-state index in [9.17, 15) is 5.11 Å². The largest absolute Gasteiger partial charge is 0.497 e. The van der Waals surface area contributed by atoms with Crippen LogP contribution in [0, 0.1) is 0 Å². The second-order valence-electron chi connectivity index (χ2n) is 7.46. The first kappa shape index (κ1) is 21.9. The molecule has 0 bridgehead atoms. The Balaban J connectivity index is 1.72. The molecule has 30 heavy (non-hydrogen) atoms. The fraction of sp³-hybridized carbons (Fsp3) is 0.435. The number of para-hydroxylation sites is 2. The third kappa shape index (κ3) is 5.04. The number of imidazole rings is 1. The van der Waals surface area contributed by atoms with Crippen LogP contribution in [0.1, 0.15) is 13.8 Å². The van der Waals surface area contributed by atoms with Crippen LogP contribution >= 0.6 is 0 Å². The van der Waals surface area contributed by atoms with Gasteiger partial charge in [0.05, 0.1) is 20.2 Å². The molecule has 3 rings (SSSR count). The number of quaternary nitrogens is 1. The first-order chi connectivity index (χ1) is 14.6. The van der Waals surface area contributed by atoms with Crippen molar-refractivity contribution in [2.75, 3.05) is 39.1 Å². The number of rotatable bonds is 11. The van der Waals surface area contributed by atoms with Gasteiger partial charge in [-0.05, 0) is 50.2 Å². The van der Waals surface area contributed by atoms with E-state index in [0.717, 1.165) is 43.0 Å². The number of nitrogens with one attached hydrogen (secondary N) is 1. The van der Waals surface area contributed by atoms with Crippen molar-refractivity contribution >= 4 is 17.0 Å². The van der Waals surface area contributed by atoms with Crippen LogP contribution in [0.15, 0.2) is 48.5 Å². The number of nitrogen functional groups attached to an aromatic ring is 1. The lowest BCUT2D eigenvalue weighted by atomic mass is 10.3. The molecule has 0 radical (unpaired) electrons. The molecule has 2 aromatic carbocycles. The Morgan fingerprint density at radius 2 is 1.73 bits per heavy atom. The average molecular weight is 415 g/mol. The summed E-state index contributed by atoms with van der Waals surface area (Å²) in [6.45, 7) is 9.00. The first-order valence-corrected chi connectivity index (χ1v) is 10.6. The predicted octanol–water partition coefficient (Wildman–Crippen LogP) is 0.884. The summed E-state index contributed by atoms with van der Waals surface area (Å²) in [4.78, 5) is 1.53. The Bertz CT molecular complexity index is 936. The molecule has 0 saturated carbocycles. The van der Waals surface area contributed by atoms with Crippen molar-refractivity contribution in [1.82, 2.24) is 4.57 Å². The van der Waals surface area contributed by atoms with E-state index >= 15 is 0 Å². The zero-order valence-electron chi connectivity index (χ0n) is 18.2. The van der Waals surface area contributed by atoms with Gasteiger partial charge < -0.3 is 19.5 Å². The molecule has 0 aliphatic carbocycles. The summed E-state index contributed by atoms with van der Waals surface area (Å²) >= 11 is 0. The molecule has 0 unspecified atom stereocenters. The van der Waals surface area contributed by atoms with Gasteiger partial charge in [-0.1, -0.05) is 12.1 Å². The molecule has 7 nitrogen and oxygen atoms in total. The van der Waals surface area contributed by atoms with Crippen LogP contribution in [0.25, 0.3) is 11.0 Å². The van der Waals surface area contributed by atoms with E-state index in [2.05, 4.69) is 24.5 Å². The number of anilines is 1. The molecule has 1 heterocycles. The lowest BCUT2D eigenvalue weighted by Crippen LogP contribution is -3.11. The number of nitrogens with two attached hydrogens (primary N) is 1. The van der Waals surface area contributed by atoms with E-state index in [1.807, 2.05) is 47.0 Å². The lowest BCUT2D eigenvalue weighted by Gasteiger charge is -2.14. The molecule has 0 aliphatic heterocycles. The third-order valence-electron chi connectivity index (χ3n) is 5.60. The van der Waals surface area contributed by atoms with Gasteiger partial charge in [0, 0.05) is 0 Å². The number of fused-ring (bicyclic) bond motifs is 1. The molecule has 1 aromatic heterocycles. The monoisotopic (exact) mass is 414 g/mol. The Kier molecular flexibility index (Phi) is 7.54. The van der Waals surface area contributed by atoms with Gasteiger partial charge in [0.1, 0.15) is 54.9 Å². The van der Waals surface area contributed by atoms with Crippen LogP contribution in [0.2, 0.25) is 0 Å². The molecule has 7 heteroatoms. The van der Waals surface area contributed by atoms with E-state index < -0.39 is 6.10 Å². The van der Waals surface area contributed by atoms with E-state index in [1.165, 1.54) is 4.90 Å². The summed E-state index contributed by atoms with van der Waals surface area (Å²) in [5, 5.41) is 10.6. The van der Waals surface area contributed by atoms with Crippen molar-refractivity contribution in [3.63, 3.8) is 0 Å². The van der Waals surface area contributed by atoms with Crippen LogP contribution in [0.5, 0.6) is 11.5 Å². The second kappa shape index (κ2) is 10.3. The zero-order valence-corrected chi connectivity index (χ0v) is 18.2. The maximum absolute atomic E-state index is 10.6. The van der Waals surface area contributed by atoms with Crippen molar-refractivity contribution in [3.8, 4) is 11.5 Å². The lowest BCUT2D eigenvalue weighted by molar-refractivity contribution is -0.897. The fourth-order valence-electron chi connectivity index (χ4n) is 3.74. The van der Waals surface area contributed by atoms with Crippen LogP contribution in [-0.2, 0) is 13.1 Å². The minimum Gasteiger partial charge on any atom is -0.497 e. The number of likely N-dealkylation sites (N-methyl/N-ethyl adjacent to an activating group) is 1. The van der Waals surface area contributed by atoms with Gasteiger partial charge in [-0.25, -0.2) is 9.13 Å². The normalized spacial score (nSPS) is 12.4. The molecule has 0 saturated heterocycles. The first-order valence-electron chi connectivity index (χ1n) is 10.6. The Morgan fingerprint density at radius 1 is 1.07 bits per heavy atom. The molecule has 0 amide bonds. The van der Waals surface area contributed by atoms with Crippen molar-refractivity contribution in [2.45, 2.75) is 33.0 Å². The van der Waals surface area contributed by atoms with Crippen molar-refractivity contribution in [2.24, 2.45) is 0 Å². The molecule has 162 valence electrons.